The van der Waals surface area contributed by atoms with Gasteiger partial charge >= 0.3 is 0 Å². The van der Waals surface area contributed by atoms with Gasteiger partial charge in [-0.2, -0.15) is 0 Å². The van der Waals surface area contributed by atoms with E-state index in [4.69, 9.17) is 0 Å². The Kier molecular flexibility index (Phi) is 4.95. The minimum atomic E-state index is -2.63. The maximum absolute atomic E-state index is 13.6. The number of fused-ring (bicyclic) bond motifs is 1. The lowest BCUT2D eigenvalue weighted by Gasteiger charge is -2.35. The number of rotatable bonds is 3. The number of nitrogens with one attached hydrogen (secondary N) is 2. The van der Waals surface area contributed by atoms with Gasteiger partial charge in [0, 0.05) is 54.8 Å². The summed E-state index contributed by atoms with van der Waals surface area (Å²) in [6.07, 6.45) is 1.10. The van der Waals surface area contributed by atoms with Crippen molar-refractivity contribution in [1.29, 1.82) is 0 Å². The number of aromatic amines is 1. The molecule has 30 heavy (non-hydrogen) atoms. The number of hydrogen-bond donors (Lipinski definition) is 2. The fourth-order valence-electron chi connectivity index (χ4n) is 4.06. The van der Waals surface area contributed by atoms with Crippen molar-refractivity contribution in [3.05, 3.63) is 58.8 Å². The monoisotopic (exact) mass is 419 g/mol. The second-order valence-electron chi connectivity index (χ2n) is 7.77. The molecule has 1 aromatic heterocycles. The second-order valence-corrected chi connectivity index (χ2v) is 7.77. The number of hydrogen-bond acceptors (Lipinski definition) is 2. The predicted octanol–water partition coefficient (Wildman–Crippen LogP) is 5.55. The highest BCUT2D eigenvalue weighted by Crippen LogP contribution is 2.34. The summed E-state index contributed by atoms with van der Waals surface area (Å²) in [7, 11) is 0. The Hall–Kier alpha value is -3.03. The zero-order valence-electron chi connectivity index (χ0n) is 16.6. The lowest BCUT2D eigenvalue weighted by Crippen LogP contribution is -2.40. The Bertz CT molecular complexity index is 1110. The van der Waals surface area contributed by atoms with Crippen molar-refractivity contribution in [2.45, 2.75) is 32.6 Å². The lowest BCUT2D eigenvalue weighted by molar-refractivity contribution is -0.0220. The standard InChI is InChI=1S/C22H21F4N3O/c1-12-7-14(8-13(2)20(12)29-5-3-22(25,26)4-6-29)21(30)28-19-11-27-18-10-17(24)16(23)9-15(18)19/h7-11,27H,3-6H2,1-2H3,(H,28,30). The molecule has 0 saturated carbocycles. The summed E-state index contributed by atoms with van der Waals surface area (Å²) in [5, 5.41) is 3.08. The number of carbonyl (C=O) groups excluding carboxylic acids is 1. The number of carbonyl (C=O) groups is 1. The van der Waals surface area contributed by atoms with Crippen LogP contribution in [0.2, 0.25) is 0 Å². The van der Waals surface area contributed by atoms with E-state index in [1.807, 2.05) is 18.7 Å². The zero-order chi connectivity index (χ0) is 21.6. The fourth-order valence-corrected chi connectivity index (χ4v) is 4.06. The molecule has 8 heteroatoms. The first-order valence-electron chi connectivity index (χ1n) is 9.66. The molecular formula is C22H21F4N3O. The summed E-state index contributed by atoms with van der Waals surface area (Å²) in [5.41, 5.74) is 3.61. The van der Waals surface area contributed by atoms with E-state index < -0.39 is 23.5 Å². The molecule has 4 nitrogen and oxygen atoms in total. The Morgan fingerprint density at radius 2 is 1.63 bits per heavy atom. The van der Waals surface area contributed by atoms with E-state index in [1.54, 1.807) is 12.1 Å². The third-order valence-electron chi connectivity index (χ3n) is 5.54. The molecule has 0 bridgehead atoms. The number of aromatic nitrogens is 1. The van der Waals surface area contributed by atoms with Crippen molar-refractivity contribution >= 4 is 28.2 Å². The number of H-pyrrole nitrogens is 1. The SMILES string of the molecule is Cc1cc(C(=O)Nc2c[nH]c3cc(F)c(F)cc23)cc(C)c1N1CCC(F)(F)CC1. The highest BCUT2D eigenvalue weighted by atomic mass is 19.3. The van der Waals surface area contributed by atoms with Gasteiger partial charge in [0.1, 0.15) is 0 Å². The van der Waals surface area contributed by atoms with Crippen LogP contribution in [0.15, 0.2) is 30.5 Å². The van der Waals surface area contributed by atoms with Crippen molar-refractivity contribution in [3.63, 3.8) is 0 Å². The zero-order valence-corrected chi connectivity index (χ0v) is 16.6. The minimum Gasteiger partial charge on any atom is -0.371 e. The number of amides is 1. The molecule has 158 valence electrons. The van der Waals surface area contributed by atoms with Gasteiger partial charge in [0.2, 0.25) is 0 Å². The highest BCUT2D eigenvalue weighted by Gasteiger charge is 2.34. The Labute approximate surface area is 170 Å². The molecule has 0 aliphatic carbocycles. The van der Waals surface area contributed by atoms with Crippen molar-refractivity contribution in [2.75, 3.05) is 23.3 Å². The maximum atomic E-state index is 13.6. The normalized spacial score (nSPS) is 16.1. The van der Waals surface area contributed by atoms with E-state index in [-0.39, 0.29) is 25.9 Å². The van der Waals surface area contributed by atoms with Gasteiger partial charge in [0.05, 0.1) is 11.2 Å². The van der Waals surface area contributed by atoms with Crippen LogP contribution in [-0.4, -0.2) is 29.9 Å². The first kappa shape index (κ1) is 20.3. The molecule has 1 fully saturated rings. The van der Waals surface area contributed by atoms with E-state index in [2.05, 4.69) is 10.3 Å². The van der Waals surface area contributed by atoms with Gasteiger partial charge in [-0.25, -0.2) is 17.6 Å². The van der Waals surface area contributed by atoms with Crippen LogP contribution in [0.5, 0.6) is 0 Å². The molecule has 0 radical (unpaired) electrons. The Balaban J connectivity index is 1.58. The quantitative estimate of drug-likeness (QED) is 0.547. The molecule has 3 aromatic rings. The summed E-state index contributed by atoms with van der Waals surface area (Å²) in [5.74, 6) is -5.00. The van der Waals surface area contributed by atoms with Crippen LogP contribution in [-0.2, 0) is 0 Å². The molecule has 0 spiro atoms. The molecule has 1 amide bonds. The van der Waals surface area contributed by atoms with Crippen LogP contribution in [0.1, 0.15) is 34.3 Å². The first-order chi connectivity index (χ1) is 14.1. The Morgan fingerprint density at radius 3 is 2.27 bits per heavy atom. The van der Waals surface area contributed by atoms with E-state index in [0.29, 0.717) is 22.2 Å². The lowest BCUT2D eigenvalue weighted by atomic mass is 9.99. The Morgan fingerprint density at radius 1 is 1.03 bits per heavy atom. The number of alkyl halides is 2. The first-order valence-corrected chi connectivity index (χ1v) is 9.66. The van der Waals surface area contributed by atoms with Crippen molar-refractivity contribution in [1.82, 2.24) is 4.98 Å². The average Bonchev–Trinajstić information content (AvgIpc) is 3.04. The van der Waals surface area contributed by atoms with Crippen LogP contribution in [0, 0.1) is 25.5 Å². The van der Waals surface area contributed by atoms with Gasteiger partial charge in [0.15, 0.2) is 11.6 Å². The third kappa shape index (κ3) is 3.74. The van der Waals surface area contributed by atoms with Gasteiger partial charge in [-0.3, -0.25) is 4.79 Å². The van der Waals surface area contributed by atoms with Crippen molar-refractivity contribution in [3.8, 4) is 0 Å². The molecule has 2 aromatic carbocycles. The van der Waals surface area contributed by atoms with Crippen molar-refractivity contribution < 1.29 is 22.4 Å². The van der Waals surface area contributed by atoms with Crippen LogP contribution >= 0.6 is 0 Å². The van der Waals surface area contributed by atoms with Gasteiger partial charge in [-0.1, -0.05) is 0 Å². The predicted molar refractivity (Wildman–Crippen MR) is 108 cm³/mol. The number of piperidine rings is 1. The topological polar surface area (TPSA) is 48.1 Å². The van der Waals surface area contributed by atoms with E-state index in [0.717, 1.165) is 28.9 Å². The van der Waals surface area contributed by atoms with E-state index in [1.165, 1.54) is 6.20 Å². The number of aryl methyl sites for hydroxylation is 2. The smallest absolute Gasteiger partial charge is 0.255 e. The maximum Gasteiger partial charge on any atom is 0.255 e. The molecular weight excluding hydrogens is 398 g/mol. The number of benzene rings is 2. The van der Waals surface area contributed by atoms with Gasteiger partial charge < -0.3 is 15.2 Å². The van der Waals surface area contributed by atoms with Gasteiger partial charge in [-0.05, 0) is 43.2 Å². The summed E-state index contributed by atoms with van der Waals surface area (Å²) in [6, 6.07) is 5.48. The largest absolute Gasteiger partial charge is 0.371 e. The average molecular weight is 419 g/mol. The molecule has 4 rings (SSSR count). The summed E-state index contributed by atoms with van der Waals surface area (Å²) in [6.45, 7) is 4.21. The van der Waals surface area contributed by atoms with Gasteiger partial charge in [-0.15, -0.1) is 0 Å². The number of halogens is 4. The van der Waals surface area contributed by atoms with E-state index in [9.17, 15) is 22.4 Å². The number of anilines is 2. The van der Waals surface area contributed by atoms with Crippen LogP contribution in [0.25, 0.3) is 10.9 Å². The van der Waals surface area contributed by atoms with Crippen LogP contribution in [0.4, 0.5) is 28.9 Å². The summed E-state index contributed by atoms with van der Waals surface area (Å²) < 4.78 is 53.9. The third-order valence-corrected chi connectivity index (χ3v) is 5.54. The molecule has 1 saturated heterocycles. The van der Waals surface area contributed by atoms with Crippen LogP contribution < -0.4 is 10.2 Å². The van der Waals surface area contributed by atoms with Crippen LogP contribution in [0.3, 0.4) is 0 Å². The molecule has 1 aliphatic heterocycles. The second kappa shape index (κ2) is 7.34. The van der Waals surface area contributed by atoms with E-state index >= 15 is 0 Å². The number of nitrogens with zero attached hydrogens (tertiary/aromatic N) is 1. The molecule has 0 atom stereocenters. The van der Waals surface area contributed by atoms with Gasteiger partial charge in [0.25, 0.3) is 11.8 Å². The molecule has 0 unspecified atom stereocenters. The summed E-state index contributed by atoms with van der Waals surface area (Å²) in [4.78, 5) is 17.5. The molecule has 1 aliphatic rings. The highest BCUT2D eigenvalue weighted by molar-refractivity contribution is 6.09. The molecule has 2 heterocycles. The fraction of sp³-hybridized carbons (Fsp3) is 0.318. The minimum absolute atomic E-state index is 0.189. The summed E-state index contributed by atoms with van der Waals surface area (Å²) >= 11 is 0. The molecule has 2 N–H and O–H groups in total. The van der Waals surface area contributed by atoms with Crippen molar-refractivity contribution in [2.24, 2.45) is 0 Å².